The van der Waals surface area contributed by atoms with Crippen LogP contribution >= 0.6 is 11.8 Å². The number of rotatable bonds is 3. The molecule has 0 radical (unpaired) electrons. The van der Waals surface area contributed by atoms with Crippen molar-refractivity contribution in [3.8, 4) is 0 Å². The van der Waals surface area contributed by atoms with E-state index in [2.05, 4.69) is 19.9 Å². The van der Waals surface area contributed by atoms with E-state index in [1.807, 2.05) is 24.3 Å². The summed E-state index contributed by atoms with van der Waals surface area (Å²) in [7, 11) is 0. The van der Waals surface area contributed by atoms with Crippen LogP contribution in [-0.2, 0) is 0 Å². The highest BCUT2D eigenvalue weighted by molar-refractivity contribution is 7.99. The molecule has 0 bridgehead atoms. The van der Waals surface area contributed by atoms with Crippen LogP contribution in [0, 0.1) is 10.1 Å². The first kappa shape index (κ1) is 12.8. The van der Waals surface area contributed by atoms with Gasteiger partial charge in [-0.25, -0.2) is 9.61 Å². The maximum absolute atomic E-state index is 11.0. The normalized spacial score (nSPS) is 11.3. The van der Waals surface area contributed by atoms with E-state index < -0.39 is 4.92 Å². The van der Waals surface area contributed by atoms with Crippen molar-refractivity contribution in [3.05, 3.63) is 46.5 Å². The summed E-state index contributed by atoms with van der Waals surface area (Å²) in [5.74, 6) is 0. The first-order chi connectivity index (χ1) is 10.7. The highest BCUT2D eigenvalue weighted by Gasteiger charge is 2.21. The number of benzene rings is 2. The van der Waals surface area contributed by atoms with Crippen molar-refractivity contribution in [1.82, 2.24) is 15.3 Å². The van der Waals surface area contributed by atoms with Gasteiger partial charge in [-0.2, -0.15) is 0 Å². The Labute approximate surface area is 126 Å². The fourth-order valence-corrected chi connectivity index (χ4v) is 2.88. The van der Waals surface area contributed by atoms with Crippen molar-refractivity contribution in [2.75, 3.05) is 0 Å². The Morgan fingerprint density at radius 3 is 2.73 bits per heavy atom. The zero-order valence-electron chi connectivity index (χ0n) is 10.8. The monoisotopic (exact) mass is 314 g/mol. The second-order valence-electron chi connectivity index (χ2n) is 4.35. The lowest BCUT2D eigenvalue weighted by Crippen LogP contribution is -1.90. The highest BCUT2D eigenvalue weighted by Crippen LogP contribution is 2.36. The zero-order valence-corrected chi connectivity index (χ0v) is 11.6. The van der Waals surface area contributed by atoms with Crippen molar-refractivity contribution in [2.45, 2.75) is 10.1 Å². The third-order valence-corrected chi connectivity index (χ3v) is 3.92. The van der Waals surface area contributed by atoms with Gasteiger partial charge in [0.05, 0.1) is 4.92 Å². The number of para-hydroxylation sites is 2. The number of oxazole rings is 1. The van der Waals surface area contributed by atoms with Crippen LogP contribution in [0.4, 0.5) is 5.69 Å². The summed E-state index contributed by atoms with van der Waals surface area (Å²) in [5.41, 5.74) is 1.66. The molecule has 108 valence electrons. The molecule has 2 aromatic carbocycles. The van der Waals surface area contributed by atoms with Crippen molar-refractivity contribution in [3.63, 3.8) is 0 Å². The van der Waals surface area contributed by atoms with Gasteiger partial charge < -0.3 is 4.42 Å². The molecule has 0 fully saturated rings. The van der Waals surface area contributed by atoms with E-state index in [-0.39, 0.29) is 11.2 Å². The van der Waals surface area contributed by atoms with Gasteiger partial charge in [0.2, 0.25) is 5.52 Å². The van der Waals surface area contributed by atoms with E-state index in [1.54, 1.807) is 6.07 Å². The molecule has 0 spiro atoms. The molecule has 0 aliphatic heterocycles. The van der Waals surface area contributed by atoms with E-state index in [1.165, 1.54) is 17.8 Å². The van der Waals surface area contributed by atoms with Crippen molar-refractivity contribution < 1.29 is 14.0 Å². The van der Waals surface area contributed by atoms with Crippen LogP contribution < -0.4 is 0 Å². The van der Waals surface area contributed by atoms with Crippen LogP contribution in [0.1, 0.15) is 0 Å². The molecule has 4 aromatic rings. The Bertz CT molecular complexity index is 977. The van der Waals surface area contributed by atoms with Crippen LogP contribution in [0.2, 0.25) is 0 Å². The summed E-state index contributed by atoms with van der Waals surface area (Å²) in [6.07, 6.45) is 0. The van der Waals surface area contributed by atoms with Gasteiger partial charge in [-0.1, -0.05) is 12.1 Å². The van der Waals surface area contributed by atoms with E-state index >= 15 is 0 Å². The summed E-state index contributed by atoms with van der Waals surface area (Å²) in [6.45, 7) is 0. The number of non-ortho nitro benzene ring substituents is 1. The smallest absolute Gasteiger partial charge is 0.300 e. The van der Waals surface area contributed by atoms with Crippen molar-refractivity contribution in [2.24, 2.45) is 0 Å². The largest absolute Gasteiger partial charge is 0.431 e. The van der Waals surface area contributed by atoms with Gasteiger partial charge >= 0.3 is 5.69 Å². The van der Waals surface area contributed by atoms with Crippen LogP contribution in [0.5, 0.6) is 0 Å². The molecular formula is C13H6N4O4S. The van der Waals surface area contributed by atoms with Crippen molar-refractivity contribution >= 4 is 39.6 Å². The molecule has 22 heavy (non-hydrogen) atoms. The summed E-state index contributed by atoms with van der Waals surface area (Å²) in [4.78, 5) is 15.4. The molecule has 0 saturated carbocycles. The molecule has 2 aromatic heterocycles. The van der Waals surface area contributed by atoms with Gasteiger partial charge in [0.1, 0.15) is 5.52 Å². The van der Waals surface area contributed by atoms with E-state index in [0.717, 1.165) is 5.52 Å². The number of hydrogen-bond acceptors (Lipinski definition) is 8. The molecule has 9 heteroatoms. The zero-order chi connectivity index (χ0) is 15.1. The second-order valence-corrected chi connectivity index (χ2v) is 5.34. The Morgan fingerprint density at radius 2 is 1.91 bits per heavy atom. The Hall–Kier alpha value is -2.94. The lowest BCUT2D eigenvalue weighted by Gasteiger charge is -1.97. The SMILES string of the molecule is O=[N+]([O-])c1ccc(Sc2nc3ccccc3o2)c2nonc12. The molecule has 0 saturated heterocycles. The predicted molar refractivity (Wildman–Crippen MR) is 76.6 cm³/mol. The van der Waals surface area contributed by atoms with Gasteiger partial charge in [0.25, 0.3) is 5.22 Å². The summed E-state index contributed by atoms with van der Waals surface area (Å²) in [5, 5.41) is 18.7. The predicted octanol–water partition coefficient (Wildman–Crippen LogP) is 3.42. The fourth-order valence-electron chi connectivity index (χ4n) is 2.05. The first-order valence-electron chi connectivity index (χ1n) is 6.15. The number of nitro benzene ring substituents is 1. The van der Waals surface area contributed by atoms with Gasteiger partial charge in [0.15, 0.2) is 11.1 Å². The minimum Gasteiger partial charge on any atom is -0.431 e. The lowest BCUT2D eigenvalue weighted by molar-refractivity contribution is -0.383. The van der Waals surface area contributed by atoms with Crippen molar-refractivity contribution in [1.29, 1.82) is 0 Å². The quantitative estimate of drug-likeness (QED) is 0.418. The maximum atomic E-state index is 11.0. The van der Waals surface area contributed by atoms with Crippen LogP contribution in [-0.4, -0.2) is 20.2 Å². The van der Waals surface area contributed by atoms with E-state index in [4.69, 9.17) is 4.42 Å². The van der Waals surface area contributed by atoms with E-state index in [9.17, 15) is 10.1 Å². The average molecular weight is 314 g/mol. The van der Waals surface area contributed by atoms with Gasteiger partial charge in [0, 0.05) is 11.0 Å². The average Bonchev–Trinajstić information content (AvgIpc) is 3.13. The molecule has 0 aliphatic carbocycles. The number of aromatic nitrogens is 3. The Balaban J connectivity index is 1.80. The Kier molecular flexibility index (Phi) is 2.79. The first-order valence-corrected chi connectivity index (χ1v) is 6.97. The molecule has 0 N–H and O–H groups in total. The summed E-state index contributed by atoms with van der Waals surface area (Å²) < 4.78 is 10.2. The molecule has 0 amide bonds. The molecule has 0 unspecified atom stereocenters. The second kappa shape index (κ2) is 4.81. The molecule has 0 aliphatic rings. The van der Waals surface area contributed by atoms with Crippen LogP contribution in [0.3, 0.4) is 0 Å². The van der Waals surface area contributed by atoms with Gasteiger partial charge in [-0.05, 0) is 40.3 Å². The van der Waals surface area contributed by atoms with Gasteiger partial charge in [-0.3, -0.25) is 10.1 Å². The summed E-state index contributed by atoms with van der Waals surface area (Å²) >= 11 is 1.20. The maximum Gasteiger partial charge on any atom is 0.300 e. The lowest BCUT2D eigenvalue weighted by atomic mass is 10.3. The minimum absolute atomic E-state index is 0.103. The number of nitrogens with zero attached hydrogens (tertiary/aromatic N) is 4. The molecule has 0 atom stereocenters. The summed E-state index contributed by atoms with van der Waals surface area (Å²) in [6, 6.07) is 10.3. The number of hydrogen-bond donors (Lipinski definition) is 0. The molecule has 8 nitrogen and oxygen atoms in total. The number of nitro groups is 1. The third-order valence-electron chi connectivity index (χ3n) is 3.03. The fraction of sp³-hybridized carbons (Fsp3) is 0. The minimum atomic E-state index is -0.527. The third kappa shape index (κ3) is 1.99. The molecule has 2 heterocycles. The van der Waals surface area contributed by atoms with Crippen LogP contribution in [0.15, 0.2) is 55.6 Å². The molecular weight excluding hydrogens is 308 g/mol. The number of fused-ring (bicyclic) bond motifs is 2. The topological polar surface area (TPSA) is 108 Å². The Morgan fingerprint density at radius 1 is 1.09 bits per heavy atom. The molecule has 4 rings (SSSR count). The standard InChI is InChI=1S/C13H6N4O4S/c18-17(19)8-5-6-10(12-11(8)15-21-16-12)22-13-14-7-3-1-2-4-9(7)20-13/h1-6H. The highest BCUT2D eigenvalue weighted by atomic mass is 32.2. The van der Waals surface area contributed by atoms with Gasteiger partial charge in [-0.15, -0.1) is 0 Å². The van der Waals surface area contributed by atoms with E-state index in [0.29, 0.717) is 21.2 Å². The van der Waals surface area contributed by atoms with Crippen LogP contribution in [0.25, 0.3) is 22.1 Å².